The Morgan fingerprint density at radius 2 is 1.57 bits per heavy atom. The molecule has 1 aliphatic rings. The van der Waals surface area contributed by atoms with Crippen molar-refractivity contribution in [1.82, 2.24) is 10.6 Å². The van der Waals surface area contributed by atoms with Crippen LogP contribution in [0.25, 0.3) is 0 Å². The van der Waals surface area contributed by atoms with Crippen molar-refractivity contribution in [1.29, 1.82) is 0 Å². The van der Waals surface area contributed by atoms with Crippen LogP contribution in [0.5, 0.6) is 17.2 Å². The maximum Gasteiger partial charge on any atom is 0.221 e. The van der Waals surface area contributed by atoms with E-state index < -0.39 is 0 Å². The van der Waals surface area contributed by atoms with Gasteiger partial charge in [-0.25, -0.2) is 0 Å². The molecule has 1 aliphatic carbocycles. The summed E-state index contributed by atoms with van der Waals surface area (Å²) in [6.07, 6.45) is 6.92. The smallest absolute Gasteiger partial charge is 0.221 e. The molecule has 0 atom stereocenters. The highest BCUT2D eigenvalue weighted by atomic mass is 16.5. The van der Waals surface area contributed by atoms with Crippen molar-refractivity contribution in [3.05, 3.63) is 17.7 Å². The fraction of sp³-hybridized carbons (Fsp3) is 0.619. The molecule has 2 rings (SSSR count). The topological polar surface area (TPSA) is 85.9 Å². The third kappa shape index (κ3) is 6.62. The van der Waals surface area contributed by atoms with Crippen LogP contribution in [0, 0.1) is 0 Å². The first-order valence-corrected chi connectivity index (χ1v) is 9.92. The zero-order valence-electron chi connectivity index (χ0n) is 17.1. The van der Waals surface area contributed by atoms with Crippen molar-refractivity contribution in [3.8, 4) is 17.2 Å². The van der Waals surface area contributed by atoms with E-state index in [-0.39, 0.29) is 11.8 Å². The fourth-order valence-electron chi connectivity index (χ4n) is 3.49. The number of rotatable bonds is 10. The van der Waals surface area contributed by atoms with Gasteiger partial charge in [-0.2, -0.15) is 0 Å². The van der Waals surface area contributed by atoms with Gasteiger partial charge in [-0.3, -0.25) is 9.59 Å². The number of ether oxygens (including phenoxy) is 3. The SMILES string of the molecule is COc1cc(CCC(=O)NCCC(=O)NC2CCCCC2)cc(OC)c1OC. The zero-order valence-corrected chi connectivity index (χ0v) is 17.1. The van der Waals surface area contributed by atoms with E-state index in [0.717, 1.165) is 18.4 Å². The van der Waals surface area contributed by atoms with Gasteiger partial charge in [0.05, 0.1) is 21.3 Å². The summed E-state index contributed by atoms with van der Waals surface area (Å²) >= 11 is 0. The molecule has 1 fully saturated rings. The third-order valence-electron chi connectivity index (χ3n) is 5.01. The van der Waals surface area contributed by atoms with Gasteiger partial charge in [0.2, 0.25) is 17.6 Å². The second kappa shape index (κ2) is 11.4. The predicted molar refractivity (Wildman–Crippen MR) is 107 cm³/mol. The summed E-state index contributed by atoms with van der Waals surface area (Å²) < 4.78 is 16.0. The summed E-state index contributed by atoms with van der Waals surface area (Å²) in [4.78, 5) is 24.1. The lowest BCUT2D eigenvalue weighted by Gasteiger charge is -2.22. The molecule has 0 radical (unpaired) electrons. The van der Waals surface area contributed by atoms with Crippen LogP contribution in [0.2, 0.25) is 0 Å². The summed E-state index contributed by atoms with van der Waals surface area (Å²) in [6, 6.07) is 3.98. The van der Waals surface area contributed by atoms with Gasteiger partial charge >= 0.3 is 0 Å². The number of aryl methyl sites for hydroxylation is 1. The van der Waals surface area contributed by atoms with Crippen LogP contribution in [-0.2, 0) is 16.0 Å². The molecular formula is C21H32N2O5. The molecule has 1 saturated carbocycles. The first kappa shape index (κ1) is 21.9. The standard InChI is InChI=1S/C21H32N2O5/c1-26-17-13-15(14-18(27-2)21(17)28-3)9-10-19(24)22-12-11-20(25)23-16-7-5-4-6-8-16/h13-14,16H,4-12H2,1-3H3,(H,22,24)(H,23,25). The van der Waals surface area contributed by atoms with Gasteiger partial charge in [0.1, 0.15) is 0 Å². The third-order valence-corrected chi connectivity index (χ3v) is 5.01. The van der Waals surface area contributed by atoms with Crippen molar-refractivity contribution < 1.29 is 23.8 Å². The van der Waals surface area contributed by atoms with Crippen LogP contribution in [-0.4, -0.2) is 45.7 Å². The molecule has 2 amide bonds. The molecule has 1 aromatic carbocycles. The van der Waals surface area contributed by atoms with E-state index in [4.69, 9.17) is 14.2 Å². The highest BCUT2D eigenvalue weighted by Gasteiger charge is 2.16. The normalized spacial score (nSPS) is 14.2. The van der Waals surface area contributed by atoms with Crippen LogP contribution in [0.15, 0.2) is 12.1 Å². The Balaban J connectivity index is 1.74. The number of nitrogens with one attached hydrogen (secondary N) is 2. The average molecular weight is 392 g/mol. The maximum atomic E-state index is 12.1. The minimum absolute atomic E-state index is 0.0110. The number of hydrogen-bond donors (Lipinski definition) is 2. The molecule has 7 nitrogen and oxygen atoms in total. The molecule has 28 heavy (non-hydrogen) atoms. The Morgan fingerprint density at radius 1 is 0.929 bits per heavy atom. The van der Waals surface area contributed by atoms with Crippen LogP contribution < -0.4 is 24.8 Å². The van der Waals surface area contributed by atoms with Crippen molar-refractivity contribution in [2.75, 3.05) is 27.9 Å². The van der Waals surface area contributed by atoms with E-state index in [0.29, 0.717) is 49.1 Å². The molecule has 0 heterocycles. The summed E-state index contributed by atoms with van der Waals surface area (Å²) in [5.74, 6) is 1.59. The molecule has 1 aromatic rings. The highest BCUT2D eigenvalue weighted by Crippen LogP contribution is 2.38. The average Bonchev–Trinajstić information content (AvgIpc) is 2.72. The van der Waals surface area contributed by atoms with Gasteiger partial charge < -0.3 is 24.8 Å². The minimum Gasteiger partial charge on any atom is -0.493 e. The quantitative estimate of drug-likeness (QED) is 0.639. The predicted octanol–water partition coefficient (Wildman–Crippen LogP) is 2.60. The van der Waals surface area contributed by atoms with Crippen molar-refractivity contribution >= 4 is 11.8 Å². The Kier molecular flexibility index (Phi) is 8.91. The molecule has 156 valence electrons. The molecule has 0 saturated heterocycles. The van der Waals surface area contributed by atoms with Gasteiger partial charge in [-0.05, 0) is 37.0 Å². The Hall–Kier alpha value is -2.44. The lowest BCUT2D eigenvalue weighted by atomic mass is 9.95. The number of carbonyl (C=O) groups is 2. The number of hydrogen-bond acceptors (Lipinski definition) is 5. The zero-order chi connectivity index (χ0) is 20.4. The Labute approximate surface area is 167 Å². The monoisotopic (exact) mass is 392 g/mol. The highest BCUT2D eigenvalue weighted by molar-refractivity contribution is 5.79. The number of amides is 2. The molecule has 0 aliphatic heterocycles. The van der Waals surface area contributed by atoms with E-state index in [1.807, 2.05) is 12.1 Å². The van der Waals surface area contributed by atoms with Gasteiger partial charge in [-0.15, -0.1) is 0 Å². The van der Waals surface area contributed by atoms with E-state index in [1.165, 1.54) is 19.3 Å². The molecular weight excluding hydrogens is 360 g/mol. The molecule has 0 aromatic heterocycles. The van der Waals surface area contributed by atoms with Crippen molar-refractivity contribution in [2.24, 2.45) is 0 Å². The van der Waals surface area contributed by atoms with Crippen molar-refractivity contribution in [2.45, 2.75) is 57.4 Å². The maximum absolute atomic E-state index is 12.1. The minimum atomic E-state index is -0.0841. The first-order valence-electron chi connectivity index (χ1n) is 9.92. The van der Waals surface area contributed by atoms with E-state index in [1.54, 1.807) is 21.3 Å². The molecule has 0 bridgehead atoms. The lowest BCUT2D eigenvalue weighted by molar-refractivity contribution is -0.122. The number of benzene rings is 1. The van der Waals surface area contributed by atoms with Crippen LogP contribution >= 0.6 is 0 Å². The second-order valence-corrected chi connectivity index (χ2v) is 7.04. The van der Waals surface area contributed by atoms with Crippen molar-refractivity contribution in [3.63, 3.8) is 0 Å². The second-order valence-electron chi connectivity index (χ2n) is 7.04. The van der Waals surface area contributed by atoms with E-state index >= 15 is 0 Å². The van der Waals surface area contributed by atoms with Crippen LogP contribution in [0.3, 0.4) is 0 Å². The largest absolute Gasteiger partial charge is 0.493 e. The van der Waals surface area contributed by atoms with Gasteiger partial charge in [0.25, 0.3) is 0 Å². The summed E-state index contributed by atoms with van der Waals surface area (Å²) in [6.45, 7) is 0.354. The summed E-state index contributed by atoms with van der Waals surface area (Å²) in [5.41, 5.74) is 0.916. The van der Waals surface area contributed by atoms with Gasteiger partial charge in [-0.1, -0.05) is 19.3 Å². The van der Waals surface area contributed by atoms with Crippen LogP contribution in [0.4, 0.5) is 0 Å². The fourth-order valence-corrected chi connectivity index (χ4v) is 3.49. The molecule has 0 unspecified atom stereocenters. The molecule has 7 heteroatoms. The molecule has 0 spiro atoms. The summed E-state index contributed by atoms with van der Waals surface area (Å²) in [5, 5.41) is 5.87. The number of carbonyl (C=O) groups excluding carboxylic acids is 2. The Morgan fingerprint density at radius 3 is 2.14 bits per heavy atom. The lowest BCUT2D eigenvalue weighted by Crippen LogP contribution is -2.38. The molecule has 2 N–H and O–H groups in total. The summed E-state index contributed by atoms with van der Waals surface area (Å²) in [7, 11) is 4.68. The number of methoxy groups -OCH3 is 3. The van der Waals surface area contributed by atoms with Gasteiger partial charge in [0.15, 0.2) is 11.5 Å². The van der Waals surface area contributed by atoms with Gasteiger partial charge in [0, 0.05) is 25.4 Å². The Bertz CT molecular complexity index is 631. The van der Waals surface area contributed by atoms with Crippen LogP contribution in [0.1, 0.15) is 50.5 Å². The first-order chi connectivity index (χ1) is 13.6. The van der Waals surface area contributed by atoms with E-state index in [9.17, 15) is 9.59 Å². The van der Waals surface area contributed by atoms with E-state index in [2.05, 4.69) is 10.6 Å².